The number of fused-ring (bicyclic) bond motifs is 2. The van der Waals surface area contributed by atoms with E-state index in [-0.39, 0.29) is 0 Å². The van der Waals surface area contributed by atoms with Crippen molar-refractivity contribution in [2.75, 3.05) is 0 Å². The molecule has 17 heavy (non-hydrogen) atoms. The van der Waals surface area contributed by atoms with Crippen molar-refractivity contribution in [3.63, 3.8) is 0 Å². The van der Waals surface area contributed by atoms with Gasteiger partial charge in [-0.1, -0.05) is 49.5 Å². The van der Waals surface area contributed by atoms with E-state index in [1.165, 1.54) is 36.6 Å². The van der Waals surface area contributed by atoms with Crippen LogP contribution in [0, 0.1) is 17.8 Å². The van der Waals surface area contributed by atoms with Gasteiger partial charge >= 0.3 is 0 Å². The topological polar surface area (TPSA) is 0 Å². The largest absolute Gasteiger partial charge is 0.107 e. The summed E-state index contributed by atoms with van der Waals surface area (Å²) in [5.41, 5.74) is 0. The van der Waals surface area contributed by atoms with Gasteiger partial charge < -0.3 is 0 Å². The van der Waals surface area contributed by atoms with Crippen LogP contribution < -0.4 is 0 Å². The first-order chi connectivity index (χ1) is 8.77. The summed E-state index contributed by atoms with van der Waals surface area (Å²) >= 11 is 1.40. The lowest BCUT2D eigenvalue weighted by molar-refractivity contribution is 0.493. The molecule has 1 fully saturated rings. The summed E-state index contributed by atoms with van der Waals surface area (Å²) in [6.07, 6.45) is 19.0. The third kappa shape index (κ3) is 6.25. The Morgan fingerprint density at radius 2 is 1.82 bits per heavy atom. The van der Waals surface area contributed by atoms with E-state index in [1.54, 1.807) is 6.08 Å². The lowest BCUT2D eigenvalue weighted by atomic mass is 9.96. The zero-order valence-corrected chi connectivity index (χ0v) is 13.1. The smallest absolute Gasteiger partial charge is 0.107 e. The van der Waals surface area contributed by atoms with Crippen molar-refractivity contribution in [3.8, 4) is 0 Å². The molecule has 0 nitrogen and oxygen atoms in total. The Kier molecular flexibility index (Phi) is 8.41. The molecule has 1 heteroatoms. The van der Waals surface area contributed by atoms with E-state index in [1.807, 2.05) is 6.92 Å². The van der Waals surface area contributed by atoms with Crippen LogP contribution in [0.1, 0.15) is 33.1 Å². The number of hydrogen-bond donors (Lipinski definition) is 0. The van der Waals surface area contributed by atoms with Crippen molar-refractivity contribution >= 4 is 23.8 Å². The first-order valence-corrected chi connectivity index (χ1v) is 6.35. The number of halogens is 1. The standard InChI is InChI=1S/C8H12.C5H6.C3H6.HI/c1-6-4-7-2-3-8(6)5-7;1-2-4-5-3-1;1-3-2;/h2-3,6-8H,4-5H2,1H3;1-4H,5H2;3H,1H2,2H3;1H/i/hD. The fraction of sp³-hybridized carbons (Fsp3) is 0.500. The molecule has 0 N–H and O–H groups in total. The third-order valence-corrected chi connectivity index (χ3v) is 3.27. The van der Waals surface area contributed by atoms with Crippen LogP contribution in [0.2, 0.25) is 0 Å². The van der Waals surface area contributed by atoms with E-state index in [0.29, 0.717) is 0 Å². The van der Waals surface area contributed by atoms with Gasteiger partial charge in [-0.3, -0.25) is 0 Å². The fourth-order valence-electron chi connectivity index (χ4n) is 2.45. The van der Waals surface area contributed by atoms with Crippen LogP contribution in [-0.4, -0.2) is 0.594 Å². The van der Waals surface area contributed by atoms with Crippen LogP contribution in [0.15, 0.2) is 49.1 Å². The fourth-order valence-corrected chi connectivity index (χ4v) is 2.45. The second-order valence-electron chi connectivity index (χ2n) is 4.76. The second kappa shape index (κ2) is 9.69. The van der Waals surface area contributed by atoms with Gasteiger partial charge in [-0.05, 0) is 43.9 Å². The van der Waals surface area contributed by atoms with Crippen molar-refractivity contribution in [1.29, 1.82) is 0.594 Å². The molecule has 0 amide bonds. The molecule has 0 aromatic heterocycles. The quantitative estimate of drug-likeness (QED) is 0.400. The lowest BCUT2D eigenvalue weighted by Gasteiger charge is -2.09. The molecule has 3 aliphatic carbocycles. The van der Waals surface area contributed by atoms with Crippen LogP contribution in [0.4, 0.5) is 0 Å². The molecule has 0 saturated heterocycles. The van der Waals surface area contributed by atoms with Crippen LogP contribution >= 0.6 is 23.8 Å². The summed E-state index contributed by atoms with van der Waals surface area (Å²) in [6.45, 7) is 7.62. The first-order valence-electron chi connectivity index (χ1n) is 6.72. The SMILES string of the molecule is C1=CCC=C1.C=CC.CC1CC2C=CC1C2.[2H]I. The molecule has 3 aliphatic rings. The van der Waals surface area contributed by atoms with Crippen molar-refractivity contribution in [1.82, 2.24) is 0 Å². The average molecular weight is 345 g/mol. The normalized spacial score (nSPS) is 30.3. The summed E-state index contributed by atoms with van der Waals surface area (Å²) in [5.74, 6) is 2.92. The molecule has 96 valence electrons. The van der Waals surface area contributed by atoms with Gasteiger partial charge in [0.05, 0.1) is 0 Å². The van der Waals surface area contributed by atoms with Gasteiger partial charge in [0, 0.05) is 0 Å². The van der Waals surface area contributed by atoms with Gasteiger partial charge in [-0.25, -0.2) is 0 Å². The molecule has 0 aromatic carbocycles. The minimum Gasteiger partial charge on any atom is -0.107 e. The molecule has 0 aliphatic heterocycles. The zero-order valence-electron chi connectivity index (χ0n) is 12.0. The second-order valence-corrected chi connectivity index (χ2v) is 4.76. The minimum atomic E-state index is 0.958. The van der Waals surface area contributed by atoms with Crippen LogP contribution in [0.3, 0.4) is 0 Å². The molecule has 0 radical (unpaired) electrons. The number of hydrogen-bond acceptors (Lipinski definition) is 0. The van der Waals surface area contributed by atoms with Gasteiger partial charge in [-0.2, -0.15) is 0 Å². The third-order valence-electron chi connectivity index (χ3n) is 3.27. The van der Waals surface area contributed by atoms with E-state index in [4.69, 9.17) is 0.594 Å². The van der Waals surface area contributed by atoms with Crippen LogP contribution in [-0.2, 0) is 0 Å². The molecule has 2 bridgehead atoms. The van der Waals surface area contributed by atoms with Gasteiger partial charge in [0.2, 0.25) is 0 Å². The predicted octanol–water partition coefficient (Wildman–Crippen LogP) is 5.53. The highest BCUT2D eigenvalue weighted by Gasteiger charge is 2.32. The van der Waals surface area contributed by atoms with Crippen LogP contribution in [0.5, 0.6) is 0 Å². The Labute approximate surface area is 124 Å². The Balaban J connectivity index is 0.000000252. The van der Waals surface area contributed by atoms with Crippen molar-refractivity contribution in [2.45, 2.75) is 33.1 Å². The van der Waals surface area contributed by atoms with E-state index < -0.39 is 0 Å². The average Bonchev–Trinajstić information content (AvgIpc) is 3.12. The lowest BCUT2D eigenvalue weighted by Crippen LogP contribution is -1.99. The van der Waals surface area contributed by atoms with E-state index >= 15 is 0 Å². The summed E-state index contributed by atoms with van der Waals surface area (Å²) in [4.78, 5) is 0. The summed E-state index contributed by atoms with van der Waals surface area (Å²) in [7, 11) is 0. The molecule has 3 unspecified atom stereocenters. The van der Waals surface area contributed by atoms with Gasteiger partial charge in [0.1, 0.15) is 0.594 Å². The van der Waals surface area contributed by atoms with E-state index in [2.05, 4.69) is 50.0 Å². The molecule has 3 rings (SSSR count). The maximum atomic E-state index is 5.72. The molecule has 3 atom stereocenters. The molecule has 0 aromatic rings. The number of allylic oxidation sites excluding steroid dienone is 7. The monoisotopic (exact) mass is 345 g/mol. The highest BCUT2D eigenvalue weighted by Crippen LogP contribution is 2.42. The molecular weight excluding hydrogens is 319 g/mol. The van der Waals surface area contributed by atoms with Gasteiger partial charge in [-0.15, -0.1) is 30.4 Å². The van der Waals surface area contributed by atoms with Gasteiger partial charge in [0.25, 0.3) is 0 Å². The maximum absolute atomic E-state index is 5.72. The van der Waals surface area contributed by atoms with E-state index in [0.717, 1.165) is 24.2 Å². The highest BCUT2D eigenvalue weighted by molar-refractivity contribution is 14.0. The molecule has 0 heterocycles. The Bertz CT molecular complexity index is 281. The highest BCUT2D eigenvalue weighted by atomic mass is 127. The minimum absolute atomic E-state index is 0.958. The zero-order chi connectivity index (χ0) is 13.8. The van der Waals surface area contributed by atoms with Crippen molar-refractivity contribution in [2.24, 2.45) is 17.8 Å². The molecule has 1 saturated carbocycles. The van der Waals surface area contributed by atoms with Gasteiger partial charge in [0.15, 0.2) is 0 Å². The Morgan fingerprint density at radius 1 is 1.24 bits per heavy atom. The van der Waals surface area contributed by atoms with Crippen molar-refractivity contribution < 1.29 is 0 Å². The first kappa shape index (κ1) is 14.7. The van der Waals surface area contributed by atoms with Crippen LogP contribution in [0.25, 0.3) is 0 Å². The summed E-state index contributed by atoms with van der Waals surface area (Å²) < 4.78 is 5.72. The summed E-state index contributed by atoms with van der Waals surface area (Å²) in [5, 5.41) is 0. The Morgan fingerprint density at radius 3 is 2.00 bits per heavy atom. The number of rotatable bonds is 0. The summed E-state index contributed by atoms with van der Waals surface area (Å²) in [6, 6.07) is 0. The maximum Gasteiger partial charge on any atom is 0.107 e. The Hall–Kier alpha value is -0.310. The molecule has 0 spiro atoms. The van der Waals surface area contributed by atoms with Crippen molar-refractivity contribution in [3.05, 3.63) is 49.1 Å². The predicted molar refractivity (Wildman–Crippen MR) is 88.7 cm³/mol. The van der Waals surface area contributed by atoms with E-state index in [9.17, 15) is 0 Å². The molecular formula is C16H25I.